The van der Waals surface area contributed by atoms with E-state index in [1.807, 2.05) is 39.8 Å². The van der Waals surface area contributed by atoms with Crippen LogP contribution in [0.4, 0.5) is 0 Å². The molecule has 2 aromatic rings. The molecule has 0 aliphatic carbocycles. The van der Waals surface area contributed by atoms with E-state index >= 15 is 0 Å². The maximum Gasteiger partial charge on any atom is 0.163 e. The summed E-state index contributed by atoms with van der Waals surface area (Å²) in [4.78, 5) is 11.2. The van der Waals surface area contributed by atoms with Gasteiger partial charge in [0.1, 0.15) is 24.7 Å². The summed E-state index contributed by atoms with van der Waals surface area (Å²) in [6, 6.07) is 9.99. The van der Waals surface area contributed by atoms with Crippen LogP contribution in [-0.4, -0.2) is 31.4 Å². The van der Waals surface area contributed by atoms with Crippen LogP contribution in [0.25, 0.3) is 11.1 Å². The summed E-state index contributed by atoms with van der Waals surface area (Å²) >= 11 is 0. The van der Waals surface area contributed by atoms with E-state index in [1.165, 1.54) is 0 Å². The number of hydrogen-bond donors (Lipinski definition) is 0. The molecule has 0 spiro atoms. The predicted octanol–water partition coefficient (Wildman–Crippen LogP) is 4.62. The lowest BCUT2D eigenvalue weighted by atomic mass is 9.92. The van der Waals surface area contributed by atoms with E-state index in [0.717, 1.165) is 45.4 Å². The molecule has 1 heterocycles. The molecule has 0 aromatic heterocycles. The largest absolute Gasteiger partial charge is 0.491 e. The monoisotopic (exact) mass is 354 g/mol. The molecule has 1 aliphatic heterocycles. The maximum atomic E-state index is 11.2. The van der Waals surface area contributed by atoms with Crippen LogP contribution in [-0.2, 0) is 9.47 Å². The van der Waals surface area contributed by atoms with Crippen molar-refractivity contribution in [2.24, 2.45) is 0 Å². The summed E-state index contributed by atoms with van der Waals surface area (Å²) in [6.07, 6.45) is 0.847. The summed E-state index contributed by atoms with van der Waals surface area (Å²) in [6.45, 7) is 10.9. The van der Waals surface area contributed by atoms with Crippen molar-refractivity contribution in [1.82, 2.24) is 0 Å². The minimum Gasteiger partial charge on any atom is -0.491 e. The van der Waals surface area contributed by atoms with Gasteiger partial charge in [0.15, 0.2) is 5.79 Å². The van der Waals surface area contributed by atoms with Gasteiger partial charge in [-0.15, -0.1) is 0 Å². The molecular weight excluding hydrogens is 328 g/mol. The van der Waals surface area contributed by atoms with Crippen molar-refractivity contribution >= 4 is 6.29 Å². The van der Waals surface area contributed by atoms with Crippen molar-refractivity contribution in [1.29, 1.82) is 0 Å². The van der Waals surface area contributed by atoms with Gasteiger partial charge in [-0.1, -0.05) is 18.2 Å². The number of rotatable bonds is 5. The smallest absolute Gasteiger partial charge is 0.163 e. The van der Waals surface area contributed by atoms with Crippen molar-refractivity contribution in [3.8, 4) is 16.9 Å². The predicted molar refractivity (Wildman–Crippen MR) is 102 cm³/mol. The van der Waals surface area contributed by atoms with Gasteiger partial charge in [-0.25, -0.2) is 0 Å². The first-order valence-electron chi connectivity index (χ1n) is 8.92. The fraction of sp³-hybridized carbons (Fsp3) is 0.409. The first kappa shape index (κ1) is 18.6. The molecule has 1 aliphatic rings. The van der Waals surface area contributed by atoms with Crippen LogP contribution in [0.3, 0.4) is 0 Å². The first-order valence-corrected chi connectivity index (χ1v) is 8.92. The van der Waals surface area contributed by atoms with Gasteiger partial charge in [-0.2, -0.15) is 0 Å². The van der Waals surface area contributed by atoms with Gasteiger partial charge in [0.25, 0.3) is 0 Å². The molecule has 0 N–H and O–H groups in total. The number of benzene rings is 2. The van der Waals surface area contributed by atoms with Crippen LogP contribution in [0, 0.1) is 20.8 Å². The molecule has 1 fully saturated rings. The highest BCUT2D eigenvalue weighted by atomic mass is 16.7. The number of carbonyl (C=O) groups excluding carboxylic acids is 1. The number of aldehydes is 1. The molecule has 4 heteroatoms. The molecule has 0 radical (unpaired) electrons. The lowest BCUT2D eigenvalue weighted by Gasteiger charge is -2.19. The van der Waals surface area contributed by atoms with Gasteiger partial charge < -0.3 is 14.2 Å². The van der Waals surface area contributed by atoms with Crippen LogP contribution in [0.15, 0.2) is 30.3 Å². The van der Waals surface area contributed by atoms with Crippen LogP contribution < -0.4 is 4.74 Å². The third-order valence-electron chi connectivity index (χ3n) is 4.81. The molecule has 3 rings (SSSR count). The summed E-state index contributed by atoms with van der Waals surface area (Å²) in [5.41, 5.74) is 6.09. The zero-order valence-corrected chi connectivity index (χ0v) is 16.1. The SMILES string of the molecule is Cc1cc(-c2cccc(C=O)c2C)c(C)cc1OC[C@H]1COC(C)(C)O1. The molecule has 138 valence electrons. The molecule has 0 unspecified atom stereocenters. The van der Waals surface area contributed by atoms with Crippen molar-refractivity contribution in [3.63, 3.8) is 0 Å². The Kier molecular flexibility index (Phi) is 5.17. The van der Waals surface area contributed by atoms with E-state index in [2.05, 4.69) is 25.1 Å². The van der Waals surface area contributed by atoms with E-state index < -0.39 is 5.79 Å². The Morgan fingerprint density at radius 1 is 1.15 bits per heavy atom. The summed E-state index contributed by atoms with van der Waals surface area (Å²) in [5.74, 6) is 0.313. The average molecular weight is 354 g/mol. The van der Waals surface area contributed by atoms with Gasteiger partial charge in [0, 0.05) is 5.56 Å². The highest BCUT2D eigenvalue weighted by molar-refractivity contribution is 5.83. The molecular formula is C22H26O4. The van der Waals surface area contributed by atoms with Crippen LogP contribution in [0.1, 0.15) is 40.9 Å². The van der Waals surface area contributed by atoms with E-state index in [4.69, 9.17) is 14.2 Å². The van der Waals surface area contributed by atoms with E-state index in [0.29, 0.717) is 13.2 Å². The highest BCUT2D eigenvalue weighted by Gasteiger charge is 2.33. The van der Waals surface area contributed by atoms with E-state index in [1.54, 1.807) is 0 Å². The average Bonchev–Trinajstić information content (AvgIpc) is 2.95. The minimum atomic E-state index is -0.538. The summed E-state index contributed by atoms with van der Waals surface area (Å²) in [7, 11) is 0. The zero-order chi connectivity index (χ0) is 18.9. The Labute approximate surface area is 155 Å². The summed E-state index contributed by atoms with van der Waals surface area (Å²) in [5, 5.41) is 0. The Hall–Kier alpha value is -2.17. The molecule has 0 amide bonds. The number of hydrogen-bond acceptors (Lipinski definition) is 4. The quantitative estimate of drug-likeness (QED) is 0.735. The normalized spacial score (nSPS) is 18.7. The Balaban J connectivity index is 1.82. The van der Waals surface area contributed by atoms with Gasteiger partial charge in [0.05, 0.1) is 6.61 Å². The molecule has 26 heavy (non-hydrogen) atoms. The summed E-state index contributed by atoms with van der Waals surface area (Å²) < 4.78 is 17.4. The van der Waals surface area contributed by atoms with Crippen molar-refractivity contribution in [2.75, 3.05) is 13.2 Å². The fourth-order valence-electron chi connectivity index (χ4n) is 3.34. The number of carbonyl (C=O) groups is 1. The van der Waals surface area contributed by atoms with Gasteiger partial charge in [-0.05, 0) is 74.6 Å². The van der Waals surface area contributed by atoms with Crippen LogP contribution >= 0.6 is 0 Å². The van der Waals surface area contributed by atoms with Gasteiger partial charge in [-0.3, -0.25) is 4.79 Å². The highest BCUT2D eigenvalue weighted by Crippen LogP contribution is 2.33. The van der Waals surface area contributed by atoms with Crippen molar-refractivity contribution in [2.45, 2.75) is 46.5 Å². The van der Waals surface area contributed by atoms with E-state index in [9.17, 15) is 4.79 Å². The van der Waals surface area contributed by atoms with Gasteiger partial charge >= 0.3 is 0 Å². The zero-order valence-electron chi connectivity index (χ0n) is 16.1. The lowest BCUT2D eigenvalue weighted by molar-refractivity contribution is -0.141. The second kappa shape index (κ2) is 7.22. The molecule has 1 atom stereocenters. The third-order valence-corrected chi connectivity index (χ3v) is 4.81. The molecule has 0 bridgehead atoms. The second-order valence-corrected chi connectivity index (χ2v) is 7.33. The van der Waals surface area contributed by atoms with Crippen LogP contribution in [0.2, 0.25) is 0 Å². The third kappa shape index (κ3) is 3.81. The minimum absolute atomic E-state index is 0.0594. The molecule has 2 aromatic carbocycles. The van der Waals surface area contributed by atoms with Gasteiger partial charge in [0.2, 0.25) is 0 Å². The molecule has 4 nitrogen and oxygen atoms in total. The van der Waals surface area contributed by atoms with Crippen molar-refractivity contribution < 1.29 is 19.0 Å². The molecule has 0 saturated carbocycles. The van der Waals surface area contributed by atoms with Crippen molar-refractivity contribution in [3.05, 3.63) is 52.6 Å². The Morgan fingerprint density at radius 2 is 1.92 bits per heavy atom. The standard InChI is InChI=1S/C22H26O4/c1-14-10-21(24-12-18-13-25-22(4,5)26-18)15(2)9-20(14)19-8-6-7-17(11-23)16(19)3/h6-11,18H,12-13H2,1-5H3/t18-/m0/s1. The Morgan fingerprint density at radius 3 is 2.58 bits per heavy atom. The Bertz CT molecular complexity index is 823. The van der Waals surface area contributed by atoms with Crippen LogP contribution in [0.5, 0.6) is 5.75 Å². The first-order chi connectivity index (χ1) is 12.3. The topological polar surface area (TPSA) is 44.8 Å². The second-order valence-electron chi connectivity index (χ2n) is 7.33. The number of ether oxygens (including phenoxy) is 3. The lowest BCUT2D eigenvalue weighted by Crippen LogP contribution is -2.25. The molecule has 1 saturated heterocycles. The maximum absolute atomic E-state index is 11.2. The number of aryl methyl sites for hydroxylation is 2. The van der Waals surface area contributed by atoms with E-state index in [-0.39, 0.29) is 6.10 Å². The fourth-order valence-corrected chi connectivity index (χ4v) is 3.34.